The van der Waals surface area contributed by atoms with Gasteiger partial charge in [0.15, 0.2) is 6.29 Å². The minimum Gasteiger partial charge on any atom is -0.507 e. The van der Waals surface area contributed by atoms with E-state index in [2.05, 4.69) is 0 Å². The van der Waals surface area contributed by atoms with Crippen molar-refractivity contribution in [1.82, 2.24) is 0 Å². The van der Waals surface area contributed by atoms with Crippen LogP contribution in [0.15, 0.2) is 48.5 Å². The fraction of sp³-hybridized carbons (Fsp3) is 0. The minimum atomic E-state index is -0.0452. The molecule has 3 rings (SSSR count). The van der Waals surface area contributed by atoms with Gasteiger partial charge in [0.25, 0.3) is 0 Å². The zero-order chi connectivity index (χ0) is 15.7. The summed E-state index contributed by atoms with van der Waals surface area (Å²) in [6, 6.07) is 13.7. The van der Waals surface area contributed by atoms with Crippen LogP contribution >= 0.6 is 11.6 Å². The van der Waals surface area contributed by atoms with Gasteiger partial charge in [-0.05, 0) is 40.6 Å². The molecule has 0 bridgehead atoms. The summed E-state index contributed by atoms with van der Waals surface area (Å²) in [4.78, 5) is 22.0. The van der Waals surface area contributed by atoms with Gasteiger partial charge in [-0.3, -0.25) is 9.59 Å². The lowest BCUT2D eigenvalue weighted by Gasteiger charge is -2.09. The van der Waals surface area contributed by atoms with Crippen LogP contribution < -0.4 is 0 Å². The number of rotatable bonds is 3. The number of hydrogen-bond donors (Lipinski definition) is 1. The molecule has 0 saturated heterocycles. The van der Waals surface area contributed by atoms with Crippen LogP contribution in [-0.4, -0.2) is 17.7 Å². The molecule has 3 aromatic rings. The molecular formula is C18H11ClO3. The van der Waals surface area contributed by atoms with E-state index in [9.17, 15) is 14.7 Å². The quantitative estimate of drug-likeness (QED) is 0.725. The van der Waals surface area contributed by atoms with E-state index in [1.165, 1.54) is 6.07 Å². The first-order valence-corrected chi connectivity index (χ1v) is 6.98. The zero-order valence-corrected chi connectivity index (χ0v) is 12.2. The number of aldehydes is 2. The molecule has 0 aliphatic heterocycles. The van der Waals surface area contributed by atoms with E-state index in [0.29, 0.717) is 22.3 Å². The van der Waals surface area contributed by atoms with E-state index in [4.69, 9.17) is 11.6 Å². The van der Waals surface area contributed by atoms with Gasteiger partial charge in [0, 0.05) is 16.1 Å². The number of hydrogen-bond acceptors (Lipinski definition) is 3. The molecule has 108 valence electrons. The number of halogens is 1. The molecule has 22 heavy (non-hydrogen) atoms. The molecule has 0 fully saturated rings. The number of aromatic hydroxyl groups is 1. The van der Waals surface area contributed by atoms with Gasteiger partial charge in [-0.1, -0.05) is 35.9 Å². The molecule has 0 radical (unpaired) electrons. The zero-order valence-electron chi connectivity index (χ0n) is 11.4. The van der Waals surface area contributed by atoms with Crippen LogP contribution in [0.2, 0.25) is 5.02 Å². The van der Waals surface area contributed by atoms with Crippen molar-refractivity contribution in [2.45, 2.75) is 0 Å². The van der Waals surface area contributed by atoms with Gasteiger partial charge in [0.1, 0.15) is 12.0 Å². The highest BCUT2D eigenvalue weighted by atomic mass is 35.5. The van der Waals surface area contributed by atoms with Crippen molar-refractivity contribution < 1.29 is 14.7 Å². The molecule has 0 aliphatic rings. The summed E-state index contributed by atoms with van der Waals surface area (Å²) in [5.41, 5.74) is 2.38. The topological polar surface area (TPSA) is 54.4 Å². The molecule has 3 aromatic carbocycles. The molecule has 0 heterocycles. The maximum absolute atomic E-state index is 11.1. The first-order chi connectivity index (χ1) is 10.6. The van der Waals surface area contributed by atoms with Crippen LogP contribution in [0, 0.1) is 0 Å². The Labute approximate surface area is 131 Å². The molecule has 0 atom stereocenters. The van der Waals surface area contributed by atoms with E-state index in [0.717, 1.165) is 22.8 Å². The number of phenols is 1. The van der Waals surface area contributed by atoms with Crippen LogP contribution in [-0.2, 0) is 0 Å². The first-order valence-electron chi connectivity index (χ1n) is 6.60. The van der Waals surface area contributed by atoms with Crippen molar-refractivity contribution in [3.63, 3.8) is 0 Å². The molecule has 0 amide bonds. The lowest BCUT2D eigenvalue weighted by atomic mass is 9.97. The van der Waals surface area contributed by atoms with Crippen molar-refractivity contribution in [3.8, 4) is 16.9 Å². The third kappa shape index (κ3) is 2.36. The Balaban J connectivity index is 2.23. The lowest BCUT2D eigenvalue weighted by Crippen LogP contribution is -1.88. The monoisotopic (exact) mass is 310 g/mol. The van der Waals surface area contributed by atoms with E-state index < -0.39 is 0 Å². The second-order valence-corrected chi connectivity index (χ2v) is 5.32. The Kier molecular flexibility index (Phi) is 3.65. The van der Waals surface area contributed by atoms with Crippen LogP contribution in [0.5, 0.6) is 5.75 Å². The van der Waals surface area contributed by atoms with Gasteiger partial charge in [0.2, 0.25) is 0 Å². The van der Waals surface area contributed by atoms with Gasteiger partial charge in [0.05, 0.1) is 5.56 Å². The highest BCUT2D eigenvalue weighted by Crippen LogP contribution is 2.33. The second kappa shape index (κ2) is 5.62. The van der Waals surface area contributed by atoms with Gasteiger partial charge >= 0.3 is 0 Å². The Bertz CT molecular complexity index is 900. The van der Waals surface area contributed by atoms with Crippen molar-refractivity contribution >= 4 is 34.9 Å². The molecule has 4 heteroatoms. The van der Waals surface area contributed by atoms with Gasteiger partial charge in [-0.25, -0.2) is 0 Å². The van der Waals surface area contributed by atoms with Crippen LogP contribution in [0.1, 0.15) is 20.7 Å². The van der Waals surface area contributed by atoms with E-state index in [-0.39, 0.29) is 11.3 Å². The maximum Gasteiger partial charge on any atom is 0.154 e. The normalized spacial score (nSPS) is 10.6. The number of carbonyl (C=O) groups is 2. The van der Waals surface area contributed by atoms with E-state index in [1.807, 2.05) is 12.1 Å². The number of phenolic OH excluding ortho intramolecular Hbond substituents is 1. The Morgan fingerprint density at radius 1 is 0.909 bits per heavy atom. The van der Waals surface area contributed by atoms with Gasteiger partial charge in [-0.2, -0.15) is 0 Å². The van der Waals surface area contributed by atoms with E-state index in [1.54, 1.807) is 30.3 Å². The average Bonchev–Trinajstić information content (AvgIpc) is 2.55. The molecule has 3 nitrogen and oxygen atoms in total. The Hall–Kier alpha value is -2.65. The number of benzene rings is 3. The predicted octanol–water partition coefficient (Wildman–Crippen LogP) is 4.49. The van der Waals surface area contributed by atoms with Crippen molar-refractivity contribution in [2.24, 2.45) is 0 Å². The summed E-state index contributed by atoms with van der Waals surface area (Å²) in [5, 5.41) is 11.7. The van der Waals surface area contributed by atoms with Crippen molar-refractivity contribution in [1.29, 1.82) is 0 Å². The molecule has 0 aromatic heterocycles. The third-order valence-electron chi connectivity index (χ3n) is 3.59. The smallest absolute Gasteiger partial charge is 0.154 e. The number of fused-ring (bicyclic) bond motifs is 1. The van der Waals surface area contributed by atoms with Crippen molar-refractivity contribution in [2.75, 3.05) is 0 Å². The van der Waals surface area contributed by atoms with E-state index >= 15 is 0 Å². The fourth-order valence-electron chi connectivity index (χ4n) is 2.47. The van der Waals surface area contributed by atoms with Crippen LogP contribution in [0.25, 0.3) is 21.9 Å². The molecule has 1 N–H and O–H groups in total. The molecule has 0 aliphatic carbocycles. The average molecular weight is 311 g/mol. The fourth-order valence-corrected chi connectivity index (χ4v) is 2.70. The van der Waals surface area contributed by atoms with Gasteiger partial charge < -0.3 is 5.11 Å². The summed E-state index contributed by atoms with van der Waals surface area (Å²) in [6.07, 6.45) is 1.40. The van der Waals surface area contributed by atoms with Crippen molar-refractivity contribution in [3.05, 3.63) is 64.7 Å². The lowest BCUT2D eigenvalue weighted by molar-refractivity contribution is 0.111. The highest BCUT2D eigenvalue weighted by molar-refractivity contribution is 6.33. The van der Waals surface area contributed by atoms with Crippen LogP contribution in [0.3, 0.4) is 0 Å². The maximum atomic E-state index is 11.1. The third-order valence-corrected chi connectivity index (χ3v) is 3.92. The largest absolute Gasteiger partial charge is 0.507 e. The summed E-state index contributed by atoms with van der Waals surface area (Å²) in [5.74, 6) is -0.0452. The Morgan fingerprint density at radius 2 is 1.73 bits per heavy atom. The Morgan fingerprint density at radius 3 is 2.45 bits per heavy atom. The predicted molar refractivity (Wildman–Crippen MR) is 86.8 cm³/mol. The number of carbonyl (C=O) groups excluding carboxylic acids is 2. The molecule has 0 unspecified atom stereocenters. The summed E-state index contributed by atoms with van der Waals surface area (Å²) in [7, 11) is 0. The minimum absolute atomic E-state index is 0.0452. The van der Waals surface area contributed by atoms with Gasteiger partial charge in [-0.15, -0.1) is 0 Å². The summed E-state index contributed by atoms with van der Waals surface area (Å²) in [6.45, 7) is 0. The first kappa shape index (κ1) is 14.3. The summed E-state index contributed by atoms with van der Waals surface area (Å²) < 4.78 is 0. The highest BCUT2D eigenvalue weighted by Gasteiger charge is 2.09. The summed E-state index contributed by atoms with van der Waals surface area (Å²) >= 11 is 6.21. The molecular weight excluding hydrogens is 300 g/mol. The second-order valence-electron chi connectivity index (χ2n) is 4.91. The SMILES string of the molecule is O=Cc1ccc(Cl)c(-c2ccc3c(C=O)c(O)ccc3c2)c1. The molecule has 0 saturated carbocycles. The molecule has 0 spiro atoms. The standard InChI is InChI=1S/C18H11ClO3/c19-17-5-1-11(9-20)7-15(17)13-2-4-14-12(8-13)3-6-18(22)16(14)10-21/h1-10,22H. The van der Waals surface area contributed by atoms with Crippen LogP contribution in [0.4, 0.5) is 0 Å².